The lowest BCUT2D eigenvalue weighted by molar-refractivity contribution is 0.0947. The van der Waals surface area contributed by atoms with Crippen LogP contribution in [0, 0.1) is 5.92 Å². The van der Waals surface area contributed by atoms with E-state index in [9.17, 15) is 4.79 Å². The van der Waals surface area contributed by atoms with Crippen molar-refractivity contribution in [2.75, 3.05) is 6.54 Å². The van der Waals surface area contributed by atoms with E-state index in [1.165, 1.54) is 0 Å². The smallest absolute Gasteiger partial charge is 0.252 e. The van der Waals surface area contributed by atoms with Crippen molar-refractivity contribution in [3.8, 4) is 0 Å². The van der Waals surface area contributed by atoms with E-state index < -0.39 is 0 Å². The molecule has 82 valence electrons. The van der Waals surface area contributed by atoms with Crippen LogP contribution in [0.2, 0.25) is 0 Å². The monoisotopic (exact) mass is 269 g/mol. The van der Waals surface area contributed by atoms with Crippen LogP contribution in [0.25, 0.3) is 0 Å². The maximum Gasteiger partial charge on any atom is 0.252 e. The second-order valence-corrected chi connectivity index (χ2v) is 4.56. The van der Waals surface area contributed by atoms with Crippen LogP contribution in [-0.2, 0) is 0 Å². The van der Waals surface area contributed by atoms with Gasteiger partial charge in [-0.25, -0.2) is 0 Å². The number of carbonyl (C=O) groups excluding carboxylic acids is 1. The van der Waals surface area contributed by atoms with Gasteiger partial charge in [-0.2, -0.15) is 0 Å². The molecule has 3 heteroatoms. The van der Waals surface area contributed by atoms with Gasteiger partial charge in [-0.1, -0.05) is 32.4 Å². The maximum atomic E-state index is 11.7. The summed E-state index contributed by atoms with van der Waals surface area (Å²) < 4.78 is 0.839. The summed E-state index contributed by atoms with van der Waals surface area (Å²) >= 11 is 3.36. The first kappa shape index (κ1) is 12.2. The Morgan fingerprint density at radius 1 is 1.47 bits per heavy atom. The number of halogens is 1. The van der Waals surface area contributed by atoms with E-state index in [-0.39, 0.29) is 5.91 Å². The molecule has 0 spiro atoms. The fraction of sp³-hybridized carbons (Fsp3) is 0.417. The van der Waals surface area contributed by atoms with Gasteiger partial charge in [-0.05, 0) is 34.0 Å². The summed E-state index contributed by atoms with van der Waals surface area (Å²) in [6, 6.07) is 7.45. The van der Waals surface area contributed by atoms with Crippen molar-refractivity contribution >= 4 is 21.8 Å². The third kappa shape index (κ3) is 3.67. The lowest BCUT2D eigenvalue weighted by Gasteiger charge is -2.10. The zero-order chi connectivity index (χ0) is 11.3. The molecular weight excluding hydrogens is 254 g/mol. The Hall–Kier alpha value is -0.830. The summed E-state index contributed by atoms with van der Waals surface area (Å²) in [5.74, 6) is 0.513. The first-order valence-corrected chi connectivity index (χ1v) is 5.97. The van der Waals surface area contributed by atoms with Gasteiger partial charge in [0.2, 0.25) is 0 Å². The standard InChI is InChI=1S/C12H16BrNO/c1-3-9(2)8-14-12(15)10-6-4-5-7-11(10)13/h4-7,9H,3,8H2,1-2H3,(H,14,15). The molecule has 0 radical (unpaired) electrons. The average Bonchev–Trinajstić information content (AvgIpc) is 2.26. The van der Waals surface area contributed by atoms with Crippen LogP contribution in [0.15, 0.2) is 28.7 Å². The van der Waals surface area contributed by atoms with Gasteiger partial charge in [0, 0.05) is 11.0 Å². The summed E-state index contributed by atoms with van der Waals surface area (Å²) in [5, 5.41) is 2.92. The molecule has 0 aliphatic heterocycles. The number of amides is 1. The van der Waals surface area contributed by atoms with Gasteiger partial charge in [-0.15, -0.1) is 0 Å². The molecule has 2 nitrogen and oxygen atoms in total. The minimum atomic E-state index is -0.0113. The third-order valence-electron chi connectivity index (χ3n) is 2.43. The van der Waals surface area contributed by atoms with Crippen LogP contribution in [0.5, 0.6) is 0 Å². The van der Waals surface area contributed by atoms with Gasteiger partial charge < -0.3 is 5.32 Å². The Balaban J connectivity index is 2.58. The highest BCUT2D eigenvalue weighted by atomic mass is 79.9. The molecule has 1 amide bonds. The molecule has 1 rings (SSSR count). The summed E-state index contributed by atoms with van der Waals surface area (Å²) in [6.45, 7) is 4.98. The number of hydrogen-bond acceptors (Lipinski definition) is 1. The summed E-state index contributed by atoms with van der Waals surface area (Å²) in [5.41, 5.74) is 0.695. The Morgan fingerprint density at radius 2 is 2.13 bits per heavy atom. The molecule has 1 N–H and O–H groups in total. The number of benzene rings is 1. The molecule has 1 aromatic rings. The molecule has 15 heavy (non-hydrogen) atoms. The molecule has 0 aliphatic carbocycles. The molecule has 0 saturated carbocycles. The van der Waals surface area contributed by atoms with Crippen LogP contribution in [0.4, 0.5) is 0 Å². The molecule has 1 atom stereocenters. The lowest BCUT2D eigenvalue weighted by Crippen LogP contribution is -2.28. The van der Waals surface area contributed by atoms with E-state index in [1.54, 1.807) is 0 Å². The number of carbonyl (C=O) groups is 1. The van der Waals surface area contributed by atoms with E-state index in [1.807, 2.05) is 24.3 Å². The minimum Gasteiger partial charge on any atom is -0.352 e. The predicted octanol–water partition coefficient (Wildman–Crippen LogP) is 3.23. The van der Waals surface area contributed by atoms with E-state index in [0.29, 0.717) is 11.5 Å². The SMILES string of the molecule is CCC(C)CNC(=O)c1ccccc1Br. The molecule has 0 bridgehead atoms. The summed E-state index contributed by atoms with van der Waals surface area (Å²) in [6.07, 6.45) is 1.08. The summed E-state index contributed by atoms with van der Waals surface area (Å²) in [4.78, 5) is 11.7. The zero-order valence-corrected chi connectivity index (χ0v) is 10.7. The average molecular weight is 270 g/mol. The van der Waals surface area contributed by atoms with Gasteiger partial charge in [0.25, 0.3) is 5.91 Å². The second kappa shape index (κ2) is 5.91. The van der Waals surface area contributed by atoms with Gasteiger partial charge in [0.05, 0.1) is 5.56 Å². The Kier molecular flexibility index (Phi) is 4.82. The Bertz CT molecular complexity index is 338. The van der Waals surface area contributed by atoms with Crippen molar-refractivity contribution in [1.29, 1.82) is 0 Å². The molecule has 0 fully saturated rings. The maximum absolute atomic E-state index is 11.7. The molecule has 1 unspecified atom stereocenters. The molecule has 0 heterocycles. The van der Waals surface area contributed by atoms with Crippen LogP contribution >= 0.6 is 15.9 Å². The van der Waals surface area contributed by atoms with Crippen molar-refractivity contribution in [1.82, 2.24) is 5.32 Å². The Morgan fingerprint density at radius 3 is 2.73 bits per heavy atom. The molecule has 1 aromatic carbocycles. The van der Waals surface area contributed by atoms with Gasteiger partial charge in [0.15, 0.2) is 0 Å². The normalized spacial score (nSPS) is 12.2. The third-order valence-corrected chi connectivity index (χ3v) is 3.12. The zero-order valence-electron chi connectivity index (χ0n) is 9.09. The first-order chi connectivity index (χ1) is 7.15. The minimum absolute atomic E-state index is 0.0113. The first-order valence-electron chi connectivity index (χ1n) is 5.17. The van der Waals surface area contributed by atoms with Gasteiger partial charge >= 0.3 is 0 Å². The van der Waals surface area contributed by atoms with Crippen molar-refractivity contribution in [2.45, 2.75) is 20.3 Å². The Labute approximate surface area is 99.2 Å². The van der Waals surface area contributed by atoms with Crippen molar-refractivity contribution in [3.05, 3.63) is 34.3 Å². The van der Waals surface area contributed by atoms with Crippen LogP contribution in [-0.4, -0.2) is 12.5 Å². The largest absolute Gasteiger partial charge is 0.352 e. The van der Waals surface area contributed by atoms with Crippen molar-refractivity contribution < 1.29 is 4.79 Å². The number of nitrogens with one attached hydrogen (secondary N) is 1. The number of rotatable bonds is 4. The van der Waals surface area contributed by atoms with Crippen LogP contribution in [0.1, 0.15) is 30.6 Å². The quantitative estimate of drug-likeness (QED) is 0.894. The van der Waals surface area contributed by atoms with Gasteiger partial charge in [-0.3, -0.25) is 4.79 Å². The fourth-order valence-electron chi connectivity index (χ4n) is 1.15. The molecule has 0 saturated heterocycles. The van der Waals surface area contributed by atoms with E-state index in [0.717, 1.165) is 17.4 Å². The fourth-order valence-corrected chi connectivity index (χ4v) is 1.62. The molecular formula is C12H16BrNO. The van der Waals surface area contributed by atoms with Crippen molar-refractivity contribution in [3.63, 3.8) is 0 Å². The summed E-state index contributed by atoms with van der Waals surface area (Å²) in [7, 11) is 0. The second-order valence-electron chi connectivity index (χ2n) is 3.70. The highest BCUT2D eigenvalue weighted by Crippen LogP contribution is 2.15. The van der Waals surface area contributed by atoms with E-state index in [2.05, 4.69) is 35.1 Å². The molecule has 0 aromatic heterocycles. The van der Waals surface area contributed by atoms with E-state index >= 15 is 0 Å². The predicted molar refractivity (Wildman–Crippen MR) is 65.9 cm³/mol. The van der Waals surface area contributed by atoms with Crippen LogP contribution < -0.4 is 5.32 Å². The lowest BCUT2D eigenvalue weighted by atomic mass is 10.1. The topological polar surface area (TPSA) is 29.1 Å². The highest BCUT2D eigenvalue weighted by molar-refractivity contribution is 9.10. The van der Waals surface area contributed by atoms with Crippen molar-refractivity contribution in [2.24, 2.45) is 5.92 Å². The number of hydrogen-bond donors (Lipinski definition) is 1. The highest BCUT2D eigenvalue weighted by Gasteiger charge is 2.09. The van der Waals surface area contributed by atoms with Crippen LogP contribution in [0.3, 0.4) is 0 Å². The van der Waals surface area contributed by atoms with Gasteiger partial charge in [0.1, 0.15) is 0 Å². The molecule has 0 aliphatic rings. The van der Waals surface area contributed by atoms with E-state index in [4.69, 9.17) is 0 Å².